The molecule has 3 heteroatoms. The Morgan fingerprint density at radius 2 is 2.32 bits per heavy atom. The number of pyridine rings is 1. The molecule has 1 N–H and O–H groups in total. The molecule has 106 valence electrons. The molecule has 19 heavy (non-hydrogen) atoms. The smallest absolute Gasteiger partial charge is 0.132 e. The van der Waals surface area contributed by atoms with Gasteiger partial charge in [-0.1, -0.05) is 20.3 Å². The molecule has 0 bridgehead atoms. The number of anilines is 1. The van der Waals surface area contributed by atoms with E-state index in [9.17, 15) is 0 Å². The fraction of sp³-hybridized carbons (Fsp3) is 0.688. The van der Waals surface area contributed by atoms with Gasteiger partial charge in [0.1, 0.15) is 5.82 Å². The largest absolute Gasteiger partial charge is 0.355 e. The Labute approximate surface area is 117 Å². The number of hydrogen-bond acceptors (Lipinski definition) is 3. The van der Waals surface area contributed by atoms with Crippen LogP contribution in [0.15, 0.2) is 12.3 Å². The highest BCUT2D eigenvalue weighted by Crippen LogP contribution is 2.33. The Kier molecular flexibility index (Phi) is 5.20. The first-order valence-corrected chi connectivity index (χ1v) is 7.65. The van der Waals surface area contributed by atoms with Crippen molar-refractivity contribution in [1.82, 2.24) is 10.3 Å². The van der Waals surface area contributed by atoms with E-state index in [1.54, 1.807) is 0 Å². The molecule has 0 spiro atoms. The summed E-state index contributed by atoms with van der Waals surface area (Å²) in [5.74, 6) is 1.90. The van der Waals surface area contributed by atoms with Crippen molar-refractivity contribution in [1.29, 1.82) is 0 Å². The van der Waals surface area contributed by atoms with Gasteiger partial charge in [0.05, 0.1) is 0 Å². The number of likely N-dealkylation sites (N-methyl/N-ethyl adjacent to an activating group) is 1. The third kappa shape index (κ3) is 3.27. The van der Waals surface area contributed by atoms with Crippen LogP contribution in [0.4, 0.5) is 5.82 Å². The van der Waals surface area contributed by atoms with Crippen molar-refractivity contribution in [2.75, 3.05) is 31.6 Å². The molecule has 1 aliphatic rings. The highest BCUT2D eigenvalue weighted by Gasteiger charge is 2.22. The molecule has 0 amide bonds. The van der Waals surface area contributed by atoms with Crippen molar-refractivity contribution in [3.63, 3.8) is 0 Å². The van der Waals surface area contributed by atoms with Crippen LogP contribution < -0.4 is 10.2 Å². The Balaban J connectivity index is 2.25. The van der Waals surface area contributed by atoms with E-state index < -0.39 is 0 Å². The molecule has 0 aromatic carbocycles. The Hall–Kier alpha value is -1.09. The molecule has 0 saturated heterocycles. The van der Waals surface area contributed by atoms with Crippen LogP contribution in [0.25, 0.3) is 0 Å². The van der Waals surface area contributed by atoms with Crippen LogP contribution in [0.3, 0.4) is 0 Å². The zero-order valence-corrected chi connectivity index (χ0v) is 12.6. The maximum atomic E-state index is 4.65. The third-order valence-electron chi connectivity index (χ3n) is 4.11. The molecular weight excluding hydrogens is 234 g/mol. The first-order valence-electron chi connectivity index (χ1n) is 7.65. The zero-order valence-electron chi connectivity index (χ0n) is 12.6. The van der Waals surface area contributed by atoms with E-state index in [-0.39, 0.29) is 0 Å². The summed E-state index contributed by atoms with van der Waals surface area (Å²) in [5, 5.41) is 3.23. The predicted octanol–water partition coefficient (Wildman–Crippen LogP) is 2.96. The van der Waals surface area contributed by atoms with Gasteiger partial charge < -0.3 is 10.2 Å². The molecule has 1 atom stereocenters. The van der Waals surface area contributed by atoms with Crippen molar-refractivity contribution < 1.29 is 0 Å². The van der Waals surface area contributed by atoms with Crippen LogP contribution in [0.5, 0.6) is 0 Å². The van der Waals surface area contributed by atoms with Crippen molar-refractivity contribution in [2.24, 2.45) is 0 Å². The topological polar surface area (TPSA) is 28.2 Å². The molecule has 0 radical (unpaired) electrons. The molecule has 1 aromatic rings. The Bertz CT molecular complexity index is 403. The second kappa shape index (κ2) is 6.90. The highest BCUT2D eigenvalue weighted by molar-refractivity contribution is 5.53. The highest BCUT2D eigenvalue weighted by atomic mass is 15.2. The van der Waals surface area contributed by atoms with Crippen molar-refractivity contribution in [2.45, 2.75) is 45.4 Å². The quantitative estimate of drug-likeness (QED) is 0.853. The van der Waals surface area contributed by atoms with Crippen molar-refractivity contribution in [3.05, 3.63) is 23.4 Å². The van der Waals surface area contributed by atoms with Gasteiger partial charge in [0.2, 0.25) is 0 Å². The lowest BCUT2D eigenvalue weighted by Crippen LogP contribution is -2.36. The van der Waals surface area contributed by atoms with Gasteiger partial charge in [0.15, 0.2) is 0 Å². The lowest BCUT2D eigenvalue weighted by atomic mass is 9.89. The number of nitrogens with one attached hydrogen (secondary N) is 1. The van der Waals surface area contributed by atoms with Crippen molar-refractivity contribution >= 4 is 5.82 Å². The molecule has 2 rings (SSSR count). The molecule has 1 aromatic heterocycles. The summed E-state index contributed by atoms with van der Waals surface area (Å²) >= 11 is 0. The summed E-state index contributed by atoms with van der Waals surface area (Å²) in [6.07, 6.45) is 6.98. The minimum absolute atomic E-state index is 0.658. The molecular formula is C16H27N3. The fourth-order valence-corrected chi connectivity index (χ4v) is 3.09. The monoisotopic (exact) mass is 261 g/mol. The third-order valence-corrected chi connectivity index (χ3v) is 4.11. The van der Waals surface area contributed by atoms with E-state index in [2.05, 4.69) is 35.1 Å². The summed E-state index contributed by atoms with van der Waals surface area (Å²) in [7, 11) is 2.01. The van der Waals surface area contributed by atoms with Crippen LogP contribution >= 0.6 is 0 Å². The van der Waals surface area contributed by atoms with Gasteiger partial charge in [-0.2, -0.15) is 0 Å². The maximum Gasteiger partial charge on any atom is 0.132 e. The molecule has 3 nitrogen and oxygen atoms in total. The maximum absolute atomic E-state index is 4.65. The molecule has 0 aliphatic carbocycles. The van der Waals surface area contributed by atoms with E-state index in [1.807, 2.05) is 13.2 Å². The van der Waals surface area contributed by atoms with Crippen LogP contribution in [0.1, 0.15) is 50.2 Å². The summed E-state index contributed by atoms with van der Waals surface area (Å²) < 4.78 is 0. The summed E-state index contributed by atoms with van der Waals surface area (Å²) in [6, 6.07) is 2.24. The van der Waals surface area contributed by atoms with Gasteiger partial charge in [-0.3, -0.25) is 0 Å². The molecule has 1 unspecified atom stereocenters. The van der Waals surface area contributed by atoms with E-state index in [1.165, 1.54) is 42.6 Å². The van der Waals surface area contributed by atoms with Gasteiger partial charge in [-0.05, 0) is 49.4 Å². The predicted molar refractivity (Wildman–Crippen MR) is 82.0 cm³/mol. The Morgan fingerprint density at radius 3 is 3.05 bits per heavy atom. The van der Waals surface area contributed by atoms with Crippen molar-refractivity contribution in [3.8, 4) is 0 Å². The van der Waals surface area contributed by atoms with Crippen LogP contribution in [-0.2, 0) is 6.42 Å². The van der Waals surface area contributed by atoms with Crippen LogP contribution in [0, 0.1) is 0 Å². The van der Waals surface area contributed by atoms with E-state index in [0.29, 0.717) is 5.92 Å². The van der Waals surface area contributed by atoms with Gasteiger partial charge in [0.25, 0.3) is 0 Å². The minimum atomic E-state index is 0.658. The molecule has 2 heterocycles. The van der Waals surface area contributed by atoms with Gasteiger partial charge in [0, 0.05) is 25.8 Å². The average Bonchev–Trinajstić information content (AvgIpc) is 2.44. The minimum Gasteiger partial charge on any atom is -0.355 e. The van der Waals surface area contributed by atoms with Crippen LogP contribution in [-0.4, -0.2) is 31.7 Å². The first-order chi connectivity index (χ1) is 9.27. The number of hydrogen-bond donors (Lipinski definition) is 1. The molecule has 0 saturated carbocycles. The molecule has 1 aliphatic heterocycles. The van der Waals surface area contributed by atoms with Gasteiger partial charge in [-0.25, -0.2) is 4.98 Å². The van der Waals surface area contributed by atoms with Gasteiger partial charge in [-0.15, -0.1) is 0 Å². The van der Waals surface area contributed by atoms with E-state index >= 15 is 0 Å². The summed E-state index contributed by atoms with van der Waals surface area (Å²) in [6.45, 7) is 7.85. The normalized spacial score (nSPS) is 16.3. The molecule has 0 fully saturated rings. The SMILES string of the molecule is CCCC(C)c1ccnc2c1CCCN2CCNC. The standard InChI is InChI=1S/C16H27N3/c1-4-6-13(2)14-8-9-18-16-15(14)7-5-11-19(16)12-10-17-3/h8-9,13,17H,4-7,10-12H2,1-3H3. The number of nitrogens with zero attached hydrogens (tertiary/aromatic N) is 2. The van der Waals surface area contributed by atoms with E-state index in [4.69, 9.17) is 0 Å². The lowest BCUT2D eigenvalue weighted by Gasteiger charge is -2.32. The number of aromatic nitrogens is 1. The number of rotatable bonds is 6. The zero-order chi connectivity index (χ0) is 13.7. The average molecular weight is 261 g/mol. The lowest BCUT2D eigenvalue weighted by molar-refractivity contribution is 0.623. The fourth-order valence-electron chi connectivity index (χ4n) is 3.09. The van der Waals surface area contributed by atoms with Gasteiger partial charge >= 0.3 is 0 Å². The first kappa shape index (κ1) is 14.3. The van der Waals surface area contributed by atoms with Crippen LogP contribution in [0.2, 0.25) is 0 Å². The number of fused-ring (bicyclic) bond motifs is 1. The summed E-state index contributed by atoms with van der Waals surface area (Å²) in [4.78, 5) is 7.10. The second-order valence-electron chi connectivity index (χ2n) is 5.59. The summed E-state index contributed by atoms with van der Waals surface area (Å²) in [5.41, 5.74) is 3.03. The Morgan fingerprint density at radius 1 is 1.47 bits per heavy atom. The second-order valence-corrected chi connectivity index (χ2v) is 5.59. The van der Waals surface area contributed by atoms with E-state index in [0.717, 1.165) is 19.6 Å².